The minimum atomic E-state index is 0.265. The summed E-state index contributed by atoms with van der Waals surface area (Å²) >= 11 is 15.3. The van der Waals surface area contributed by atoms with Crippen molar-refractivity contribution in [1.29, 1.82) is 0 Å². The number of aromatic nitrogens is 1. The van der Waals surface area contributed by atoms with Gasteiger partial charge in [-0.1, -0.05) is 34.4 Å². The molecule has 0 saturated heterocycles. The number of nitrogens with zero attached hydrogens (tertiary/aromatic N) is 1. The highest BCUT2D eigenvalue weighted by molar-refractivity contribution is 9.10. The lowest BCUT2D eigenvalue weighted by molar-refractivity contribution is 0.435. The zero-order chi connectivity index (χ0) is 11.0. The fourth-order valence-corrected chi connectivity index (χ4v) is 2.07. The molecule has 0 amide bonds. The molecule has 1 aromatic carbocycles. The Labute approximate surface area is 104 Å². The molecule has 0 saturated carbocycles. The van der Waals surface area contributed by atoms with Gasteiger partial charge >= 0.3 is 0 Å². The van der Waals surface area contributed by atoms with Crippen molar-refractivity contribution in [3.63, 3.8) is 0 Å². The second-order valence-electron chi connectivity index (χ2n) is 2.81. The van der Waals surface area contributed by atoms with Gasteiger partial charge in [0, 0.05) is 0 Å². The van der Waals surface area contributed by atoms with Crippen LogP contribution in [0, 0.1) is 0 Å². The Bertz CT molecular complexity index is 493. The van der Waals surface area contributed by atoms with Crippen LogP contribution in [0.4, 0.5) is 5.82 Å². The van der Waals surface area contributed by atoms with E-state index >= 15 is 0 Å². The van der Waals surface area contributed by atoms with Gasteiger partial charge in [0.05, 0.1) is 15.6 Å². The molecule has 15 heavy (non-hydrogen) atoms. The minimum Gasteiger partial charge on any atom is -0.380 e. The maximum Gasteiger partial charge on any atom is 0.186 e. The summed E-state index contributed by atoms with van der Waals surface area (Å²) in [6, 6.07) is 5.18. The van der Waals surface area contributed by atoms with E-state index in [1.54, 1.807) is 18.2 Å². The molecule has 2 aromatic rings. The largest absolute Gasteiger partial charge is 0.380 e. The summed E-state index contributed by atoms with van der Waals surface area (Å²) in [5, 5.41) is 4.58. The highest BCUT2D eigenvalue weighted by Gasteiger charge is 2.18. The maximum atomic E-state index is 6.01. The molecule has 0 aliphatic heterocycles. The molecule has 78 valence electrons. The second-order valence-corrected chi connectivity index (χ2v) is 4.41. The molecule has 0 aliphatic carbocycles. The van der Waals surface area contributed by atoms with Gasteiger partial charge in [-0.2, -0.15) is 0 Å². The lowest BCUT2D eigenvalue weighted by atomic mass is 10.2. The zero-order valence-electron chi connectivity index (χ0n) is 7.30. The molecule has 1 aromatic heterocycles. The predicted octanol–water partition coefficient (Wildman–Crippen LogP) is 3.99. The Morgan fingerprint density at radius 1 is 1.27 bits per heavy atom. The average Bonchev–Trinajstić information content (AvgIpc) is 2.49. The lowest BCUT2D eigenvalue weighted by Crippen LogP contribution is -1.84. The summed E-state index contributed by atoms with van der Waals surface area (Å²) in [6.07, 6.45) is 0. The van der Waals surface area contributed by atoms with Gasteiger partial charge in [-0.25, -0.2) is 0 Å². The van der Waals surface area contributed by atoms with Crippen molar-refractivity contribution in [3.05, 3.63) is 32.7 Å². The molecular formula is C9H5BrCl2N2O. The first-order chi connectivity index (χ1) is 7.11. The molecule has 0 atom stereocenters. The Morgan fingerprint density at radius 3 is 2.33 bits per heavy atom. The second kappa shape index (κ2) is 4.04. The van der Waals surface area contributed by atoms with Crippen molar-refractivity contribution < 1.29 is 4.52 Å². The lowest BCUT2D eigenvalue weighted by Gasteiger charge is -2.02. The van der Waals surface area contributed by atoms with Gasteiger partial charge in [0.25, 0.3) is 0 Å². The van der Waals surface area contributed by atoms with Crippen molar-refractivity contribution in [1.82, 2.24) is 5.16 Å². The van der Waals surface area contributed by atoms with E-state index in [0.717, 1.165) is 0 Å². The summed E-state index contributed by atoms with van der Waals surface area (Å²) in [4.78, 5) is 0. The van der Waals surface area contributed by atoms with E-state index in [1.807, 2.05) is 0 Å². The third kappa shape index (κ3) is 1.85. The third-order valence-electron chi connectivity index (χ3n) is 1.85. The number of rotatable bonds is 1. The van der Waals surface area contributed by atoms with E-state index in [-0.39, 0.29) is 5.82 Å². The topological polar surface area (TPSA) is 52.0 Å². The van der Waals surface area contributed by atoms with E-state index in [0.29, 0.717) is 25.8 Å². The van der Waals surface area contributed by atoms with E-state index in [2.05, 4.69) is 21.1 Å². The standard InChI is InChI=1S/C9H5BrCl2N2O/c10-7-8(15-14-9(7)13)6-4(11)2-1-3-5(6)12/h1-3H,(H2,13,14). The van der Waals surface area contributed by atoms with Crippen molar-refractivity contribution in [2.75, 3.05) is 5.73 Å². The average molecular weight is 308 g/mol. The van der Waals surface area contributed by atoms with Crippen molar-refractivity contribution >= 4 is 44.9 Å². The van der Waals surface area contributed by atoms with Crippen LogP contribution in [0.3, 0.4) is 0 Å². The minimum absolute atomic E-state index is 0.265. The molecular weight excluding hydrogens is 303 g/mol. The third-order valence-corrected chi connectivity index (χ3v) is 3.25. The van der Waals surface area contributed by atoms with Crippen molar-refractivity contribution in [2.45, 2.75) is 0 Å². The van der Waals surface area contributed by atoms with E-state index in [9.17, 15) is 0 Å². The molecule has 2 rings (SSSR count). The van der Waals surface area contributed by atoms with Gasteiger partial charge in [-0.3, -0.25) is 0 Å². The Morgan fingerprint density at radius 2 is 1.87 bits per heavy atom. The molecule has 6 heteroatoms. The molecule has 0 unspecified atom stereocenters. The van der Waals surface area contributed by atoms with Gasteiger partial charge in [0.2, 0.25) is 0 Å². The van der Waals surface area contributed by atoms with Crippen LogP contribution in [0.25, 0.3) is 11.3 Å². The Balaban J connectivity index is 2.69. The maximum absolute atomic E-state index is 6.01. The van der Waals surface area contributed by atoms with Crippen LogP contribution in [-0.2, 0) is 0 Å². The number of hydrogen-bond donors (Lipinski definition) is 1. The van der Waals surface area contributed by atoms with Crippen LogP contribution in [0.1, 0.15) is 0 Å². The highest BCUT2D eigenvalue weighted by Crippen LogP contribution is 2.40. The van der Waals surface area contributed by atoms with E-state index < -0.39 is 0 Å². The highest BCUT2D eigenvalue weighted by atomic mass is 79.9. The van der Waals surface area contributed by atoms with Gasteiger partial charge in [-0.15, -0.1) is 0 Å². The van der Waals surface area contributed by atoms with E-state index in [4.69, 9.17) is 33.5 Å². The molecule has 2 N–H and O–H groups in total. The number of anilines is 1. The fraction of sp³-hybridized carbons (Fsp3) is 0. The molecule has 3 nitrogen and oxygen atoms in total. The number of halogens is 3. The number of benzene rings is 1. The molecule has 0 fully saturated rings. The predicted molar refractivity (Wildman–Crippen MR) is 64.1 cm³/mol. The monoisotopic (exact) mass is 306 g/mol. The molecule has 0 spiro atoms. The Hall–Kier alpha value is -0.710. The van der Waals surface area contributed by atoms with Crippen LogP contribution < -0.4 is 5.73 Å². The fourth-order valence-electron chi connectivity index (χ4n) is 1.16. The summed E-state index contributed by atoms with van der Waals surface area (Å²) in [5.41, 5.74) is 6.12. The molecule has 1 heterocycles. The Kier molecular flexibility index (Phi) is 2.91. The SMILES string of the molecule is Nc1noc(-c2c(Cl)cccc2Cl)c1Br. The van der Waals surface area contributed by atoms with E-state index in [1.165, 1.54) is 0 Å². The first-order valence-electron chi connectivity index (χ1n) is 3.96. The molecule has 0 bridgehead atoms. The molecule has 0 aliphatic rings. The van der Waals surface area contributed by atoms with Crippen molar-refractivity contribution in [2.24, 2.45) is 0 Å². The van der Waals surface area contributed by atoms with Gasteiger partial charge in [0.15, 0.2) is 11.6 Å². The number of nitrogen functional groups attached to an aromatic ring is 1. The number of nitrogens with two attached hydrogens (primary N) is 1. The number of hydrogen-bond acceptors (Lipinski definition) is 3. The van der Waals surface area contributed by atoms with Gasteiger partial charge in [-0.05, 0) is 28.1 Å². The molecule has 0 radical (unpaired) electrons. The van der Waals surface area contributed by atoms with Crippen LogP contribution in [0.2, 0.25) is 10.0 Å². The quantitative estimate of drug-likeness (QED) is 0.866. The zero-order valence-corrected chi connectivity index (χ0v) is 10.4. The van der Waals surface area contributed by atoms with Crippen LogP contribution in [0.15, 0.2) is 27.2 Å². The van der Waals surface area contributed by atoms with Gasteiger partial charge in [0.1, 0.15) is 4.47 Å². The summed E-state index contributed by atoms with van der Waals surface area (Å²) in [7, 11) is 0. The first kappa shape index (κ1) is 10.8. The van der Waals surface area contributed by atoms with Crippen LogP contribution in [-0.4, -0.2) is 5.16 Å². The summed E-state index contributed by atoms with van der Waals surface area (Å²) in [6.45, 7) is 0. The van der Waals surface area contributed by atoms with Crippen LogP contribution in [0.5, 0.6) is 0 Å². The van der Waals surface area contributed by atoms with Crippen LogP contribution >= 0.6 is 39.1 Å². The summed E-state index contributed by atoms with van der Waals surface area (Å²) in [5.74, 6) is 0.698. The van der Waals surface area contributed by atoms with Crippen molar-refractivity contribution in [3.8, 4) is 11.3 Å². The first-order valence-corrected chi connectivity index (χ1v) is 5.51. The smallest absolute Gasteiger partial charge is 0.186 e. The normalized spacial score (nSPS) is 10.6. The van der Waals surface area contributed by atoms with Gasteiger partial charge < -0.3 is 10.3 Å². The summed E-state index contributed by atoms with van der Waals surface area (Å²) < 4.78 is 5.61.